The fourth-order valence-corrected chi connectivity index (χ4v) is 2.08. The summed E-state index contributed by atoms with van der Waals surface area (Å²) < 4.78 is 4.86. The number of esters is 1. The second kappa shape index (κ2) is 7.19. The van der Waals surface area contributed by atoms with Crippen LogP contribution in [0, 0.1) is 11.3 Å². The first-order valence-electron chi connectivity index (χ1n) is 6.95. The van der Waals surface area contributed by atoms with Gasteiger partial charge in [0, 0.05) is 11.1 Å². The third-order valence-corrected chi connectivity index (χ3v) is 3.24. The van der Waals surface area contributed by atoms with Gasteiger partial charge in [0.15, 0.2) is 6.61 Å². The fourth-order valence-electron chi connectivity index (χ4n) is 2.08. The summed E-state index contributed by atoms with van der Waals surface area (Å²) in [6, 6.07) is 8.36. The number of Topliss-reactive ketones (excluding diaryl/α,β-unsaturated/α-hetero) is 1. The molecule has 0 aliphatic heterocycles. The van der Waals surface area contributed by atoms with Gasteiger partial charge in [-0.1, -0.05) is 18.2 Å². The van der Waals surface area contributed by atoms with E-state index >= 15 is 0 Å². The van der Waals surface area contributed by atoms with Crippen LogP contribution in [0.4, 0.5) is 0 Å². The number of H-pyrrole nitrogens is 1. The molecule has 0 radical (unpaired) electrons. The van der Waals surface area contributed by atoms with Crippen LogP contribution in [0.5, 0.6) is 0 Å². The lowest BCUT2D eigenvalue weighted by atomic mass is 10.1. The predicted octanol–water partition coefficient (Wildman–Crippen LogP) is 0.334. The molecule has 0 saturated heterocycles. The molecule has 0 unspecified atom stereocenters. The number of nitrogens with one attached hydrogen (secondary N) is 1. The Kier molecular flexibility index (Phi) is 5.06. The number of hydrogen-bond acceptors (Lipinski definition) is 7. The number of aromatic nitrogens is 2. The molecule has 1 heterocycles. The van der Waals surface area contributed by atoms with E-state index in [-0.39, 0.29) is 23.3 Å². The highest BCUT2D eigenvalue weighted by Crippen LogP contribution is 2.13. The molecule has 0 saturated carbocycles. The second-order valence-electron chi connectivity index (χ2n) is 4.98. The van der Waals surface area contributed by atoms with Gasteiger partial charge in [-0.3, -0.25) is 14.4 Å². The zero-order valence-electron chi connectivity index (χ0n) is 12.8. The van der Waals surface area contributed by atoms with E-state index < -0.39 is 18.4 Å². The first-order chi connectivity index (χ1) is 11.4. The van der Waals surface area contributed by atoms with E-state index in [9.17, 15) is 14.4 Å². The Balaban J connectivity index is 2.11. The molecule has 2 aromatic rings. The van der Waals surface area contributed by atoms with Crippen LogP contribution in [0.25, 0.3) is 10.8 Å². The number of rotatable bonds is 5. The first-order valence-corrected chi connectivity index (χ1v) is 6.95. The number of nitrogens with two attached hydrogens (primary N) is 1. The molecule has 1 aromatic carbocycles. The van der Waals surface area contributed by atoms with Crippen molar-refractivity contribution in [2.24, 2.45) is 5.73 Å². The molecule has 24 heavy (non-hydrogen) atoms. The number of hydrogen-bond donors (Lipinski definition) is 2. The zero-order chi connectivity index (χ0) is 17.7. The van der Waals surface area contributed by atoms with Crippen molar-refractivity contribution < 1.29 is 14.3 Å². The summed E-state index contributed by atoms with van der Waals surface area (Å²) in [4.78, 5) is 35.3. The van der Waals surface area contributed by atoms with Crippen molar-refractivity contribution in [3.63, 3.8) is 0 Å². The Hall–Kier alpha value is -3.47. The van der Waals surface area contributed by atoms with Crippen LogP contribution in [0.3, 0.4) is 0 Å². The van der Waals surface area contributed by atoms with Gasteiger partial charge < -0.3 is 10.5 Å². The molecule has 0 spiro atoms. The molecule has 0 atom stereocenters. The third kappa shape index (κ3) is 3.64. The molecular formula is C16H14N4O4. The maximum absolute atomic E-state index is 11.9. The molecule has 1 aromatic heterocycles. The highest BCUT2D eigenvalue weighted by atomic mass is 16.5. The number of benzene rings is 1. The molecule has 0 amide bonds. The topological polar surface area (TPSA) is 139 Å². The third-order valence-electron chi connectivity index (χ3n) is 3.24. The van der Waals surface area contributed by atoms with Gasteiger partial charge in [-0.25, -0.2) is 5.10 Å². The molecule has 0 aliphatic rings. The van der Waals surface area contributed by atoms with Crippen molar-refractivity contribution in [2.75, 3.05) is 6.61 Å². The fraction of sp³-hybridized carbons (Fsp3) is 0.188. The minimum absolute atomic E-state index is 0.0619. The minimum atomic E-state index is -0.708. The van der Waals surface area contributed by atoms with Crippen molar-refractivity contribution in [3.05, 3.63) is 51.6 Å². The first kappa shape index (κ1) is 16.9. The Bertz CT molecular complexity index is 933. The molecule has 0 bridgehead atoms. The number of nitriles is 1. The lowest BCUT2D eigenvalue weighted by Crippen LogP contribution is -2.20. The largest absolute Gasteiger partial charge is 0.457 e. The quantitative estimate of drug-likeness (QED) is 0.458. The molecule has 8 nitrogen and oxygen atoms in total. The molecule has 0 aliphatic carbocycles. The highest BCUT2D eigenvalue weighted by molar-refractivity contribution is 6.01. The molecule has 3 N–H and O–H groups in total. The average molecular weight is 326 g/mol. The average Bonchev–Trinajstić information content (AvgIpc) is 2.56. The lowest BCUT2D eigenvalue weighted by molar-refractivity contribution is -0.146. The van der Waals surface area contributed by atoms with Gasteiger partial charge in [-0.05, 0) is 13.0 Å². The summed E-state index contributed by atoms with van der Waals surface area (Å²) in [5, 5.41) is 15.9. The predicted molar refractivity (Wildman–Crippen MR) is 84.5 cm³/mol. The van der Waals surface area contributed by atoms with E-state index in [0.717, 1.165) is 0 Å². The molecule has 122 valence electrons. The van der Waals surface area contributed by atoms with E-state index in [1.54, 1.807) is 30.3 Å². The van der Waals surface area contributed by atoms with Crippen LogP contribution in [0.15, 0.2) is 40.3 Å². The maximum atomic E-state index is 11.9. The van der Waals surface area contributed by atoms with Gasteiger partial charge in [0.05, 0.1) is 17.5 Å². The molecule has 2 rings (SSSR count). The van der Waals surface area contributed by atoms with Crippen LogP contribution in [0.2, 0.25) is 0 Å². The number of nitrogens with zero attached hydrogens (tertiary/aromatic N) is 2. The van der Waals surface area contributed by atoms with E-state index in [2.05, 4.69) is 10.2 Å². The zero-order valence-corrected chi connectivity index (χ0v) is 12.8. The van der Waals surface area contributed by atoms with Crippen LogP contribution < -0.4 is 11.3 Å². The SMILES string of the molecule is CC(N)=C(C#N)C(=O)COC(=O)Cc1n[nH]c(=O)c2ccccc12. The van der Waals surface area contributed by atoms with Crippen LogP contribution in [0.1, 0.15) is 12.6 Å². The Morgan fingerprint density at radius 3 is 2.62 bits per heavy atom. The lowest BCUT2D eigenvalue weighted by Gasteiger charge is -2.06. The van der Waals surface area contributed by atoms with E-state index in [1.807, 2.05) is 0 Å². The maximum Gasteiger partial charge on any atom is 0.312 e. The van der Waals surface area contributed by atoms with E-state index in [0.29, 0.717) is 16.5 Å². The Labute approximate surface area is 136 Å². The van der Waals surface area contributed by atoms with E-state index in [1.165, 1.54) is 6.92 Å². The number of ether oxygens (including phenoxy) is 1. The summed E-state index contributed by atoms with van der Waals surface area (Å²) in [5.74, 6) is -1.38. The summed E-state index contributed by atoms with van der Waals surface area (Å²) >= 11 is 0. The number of allylic oxidation sites excluding steroid dienone is 1. The van der Waals surface area contributed by atoms with Crippen molar-refractivity contribution in [1.82, 2.24) is 10.2 Å². The van der Waals surface area contributed by atoms with E-state index in [4.69, 9.17) is 15.7 Å². The summed E-state index contributed by atoms with van der Waals surface area (Å²) in [6.07, 6.45) is -0.224. The summed E-state index contributed by atoms with van der Waals surface area (Å²) in [5.41, 5.74) is 5.19. The minimum Gasteiger partial charge on any atom is -0.457 e. The number of ketones is 1. The van der Waals surface area contributed by atoms with Crippen molar-refractivity contribution >= 4 is 22.5 Å². The van der Waals surface area contributed by atoms with Gasteiger partial charge in [0.25, 0.3) is 5.56 Å². The van der Waals surface area contributed by atoms with Gasteiger partial charge >= 0.3 is 5.97 Å². The van der Waals surface area contributed by atoms with Crippen LogP contribution >= 0.6 is 0 Å². The van der Waals surface area contributed by atoms with Gasteiger partial charge in [0.2, 0.25) is 5.78 Å². The smallest absolute Gasteiger partial charge is 0.312 e. The van der Waals surface area contributed by atoms with Crippen molar-refractivity contribution in [3.8, 4) is 6.07 Å². The number of fused-ring (bicyclic) bond motifs is 1. The second-order valence-corrected chi connectivity index (χ2v) is 4.98. The van der Waals surface area contributed by atoms with Gasteiger partial charge in [-0.2, -0.15) is 10.4 Å². The summed E-state index contributed by atoms with van der Waals surface area (Å²) in [6.45, 7) is 0.826. The number of aromatic amines is 1. The standard InChI is InChI=1S/C16H14N4O4/c1-9(18)12(7-17)14(21)8-24-15(22)6-13-10-4-2-3-5-11(10)16(23)20-19-13/h2-5H,6,8,18H2,1H3,(H,20,23). The number of carbonyl (C=O) groups is 2. The monoisotopic (exact) mass is 326 g/mol. The number of carbonyl (C=O) groups excluding carboxylic acids is 2. The Morgan fingerprint density at radius 1 is 1.33 bits per heavy atom. The Morgan fingerprint density at radius 2 is 2.00 bits per heavy atom. The van der Waals surface area contributed by atoms with Crippen molar-refractivity contribution in [2.45, 2.75) is 13.3 Å². The molecule has 0 fully saturated rings. The normalized spacial score (nSPS) is 11.5. The summed E-state index contributed by atoms with van der Waals surface area (Å²) in [7, 11) is 0. The molecular weight excluding hydrogens is 312 g/mol. The molecule has 8 heteroatoms. The highest BCUT2D eigenvalue weighted by Gasteiger charge is 2.16. The van der Waals surface area contributed by atoms with Crippen LogP contribution in [-0.4, -0.2) is 28.6 Å². The van der Waals surface area contributed by atoms with Gasteiger partial charge in [0.1, 0.15) is 11.6 Å². The van der Waals surface area contributed by atoms with Gasteiger partial charge in [-0.15, -0.1) is 0 Å². The van der Waals surface area contributed by atoms with Crippen molar-refractivity contribution in [1.29, 1.82) is 5.26 Å². The van der Waals surface area contributed by atoms with Crippen LogP contribution in [-0.2, 0) is 20.7 Å².